The molecule has 5 rings (SSSR count). The molecule has 0 amide bonds. The molecule has 2 saturated heterocycles. The van der Waals surface area contributed by atoms with Crippen LogP contribution in [-0.4, -0.2) is 45.7 Å². The first-order chi connectivity index (χ1) is 15.3. The maximum absolute atomic E-state index is 13.5. The van der Waals surface area contributed by atoms with Gasteiger partial charge in [0.05, 0.1) is 11.0 Å². The van der Waals surface area contributed by atoms with Gasteiger partial charge >= 0.3 is 0 Å². The van der Waals surface area contributed by atoms with Crippen LogP contribution in [-0.2, 0) is 0 Å². The molecule has 31 heavy (non-hydrogen) atoms. The van der Waals surface area contributed by atoms with Crippen LogP contribution in [0.4, 0.5) is 5.82 Å². The summed E-state index contributed by atoms with van der Waals surface area (Å²) >= 11 is 0. The molecule has 3 heterocycles. The lowest BCUT2D eigenvalue weighted by molar-refractivity contribution is 0.0498. The Kier molecular flexibility index (Phi) is 6.28. The van der Waals surface area contributed by atoms with Crippen LogP contribution in [0.2, 0.25) is 0 Å². The van der Waals surface area contributed by atoms with Crippen molar-refractivity contribution in [2.45, 2.75) is 94.8 Å². The molecular formula is C25H37N5O. The van der Waals surface area contributed by atoms with E-state index < -0.39 is 0 Å². The van der Waals surface area contributed by atoms with Crippen LogP contribution < -0.4 is 16.6 Å². The summed E-state index contributed by atoms with van der Waals surface area (Å²) in [7, 11) is 0. The zero-order valence-corrected chi connectivity index (χ0v) is 18.6. The third-order valence-electron chi connectivity index (χ3n) is 7.86. The molecule has 2 bridgehead atoms. The Hall–Kier alpha value is -1.92. The predicted octanol–water partition coefficient (Wildman–Crippen LogP) is 4.05. The average Bonchev–Trinajstić information content (AvgIpc) is 3.01. The Labute approximate surface area is 185 Å². The minimum atomic E-state index is 0.0101. The number of fused-ring (bicyclic) bond motifs is 3. The van der Waals surface area contributed by atoms with E-state index in [1.807, 2.05) is 18.2 Å². The van der Waals surface area contributed by atoms with Crippen molar-refractivity contribution in [2.24, 2.45) is 5.73 Å². The van der Waals surface area contributed by atoms with E-state index in [1.54, 1.807) is 0 Å². The molecule has 2 aromatic rings. The molecule has 3 atom stereocenters. The quantitative estimate of drug-likeness (QED) is 0.759. The van der Waals surface area contributed by atoms with Crippen LogP contribution in [0.3, 0.4) is 0 Å². The molecule has 1 aromatic carbocycles. The van der Waals surface area contributed by atoms with E-state index in [9.17, 15) is 4.79 Å². The highest BCUT2D eigenvalue weighted by atomic mass is 16.1. The highest BCUT2D eigenvalue weighted by Gasteiger charge is 2.44. The summed E-state index contributed by atoms with van der Waals surface area (Å²) in [4.78, 5) is 21.0. The van der Waals surface area contributed by atoms with Crippen LogP contribution in [0.5, 0.6) is 0 Å². The number of piperidine rings is 1. The van der Waals surface area contributed by atoms with E-state index in [1.165, 1.54) is 57.8 Å². The van der Waals surface area contributed by atoms with Crippen LogP contribution in [0, 0.1) is 0 Å². The summed E-state index contributed by atoms with van der Waals surface area (Å²) in [5, 5.41) is 3.17. The molecule has 6 nitrogen and oxygen atoms in total. The number of anilines is 1. The minimum absolute atomic E-state index is 0.0101. The molecule has 1 aromatic heterocycles. The number of aromatic nitrogens is 2. The molecule has 3 N–H and O–H groups in total. The highest BCUT2D eigenvalue weighted by Crippen LogP contribution is 2.44. The lowest BCUT2D eigenvalue weighted by Gasteiger charge is -2.45. The Morgan fingerprint density at radius 3 is 2.29 bits per heavy atom. The molecule has 1 aliphatic carbocycles. The second-order valence-electron chi connectivity index (χ2n) is 9.80. The Morgan fingerprint density at radius 2 is 1.58 bits per heavy atom. The molecule has 2 aliphatic heterocycles. The van der Waals surface area contributed by atoms with Gasteiger partial charge in [-0.15, -0.1) is 0 Å². The maximum Gasteiger partial charge on any atom is 0.294 e. The van der Waals surface area contributed by atoms with Crippen LogP contribution in [0.15, 0.2) is 29.1 Å². The first kappa shape index (κ1) is 21.0. The predicted molar refractivity (Wildman–Crippen MR) is 127 cm³/mol. The van der Waals surface area contributed by atoms with Gasteiger partial charge in [0.2, 0.25) is 0 Å². The van der Waals surface area contributed by atoms with Crippen molar-refractivity contribution in [3.05, 3.63) is 34.6 Å². The van der Waals surface area contributed by atoms with Crippen molar-refractivity contribution in [1.82, 2.24) is 14.5 Å². The van der Waals surface area contributed by atoms with Crippen molar-refractivity contribution >= 4 is 16.9 Å². The summed E-state index contributed by atoms with van der Waals surface area (Å²) in [6.07, 6.45) is 14.4. The maximum atomic E-state index is 13.5. The topological polar surface area (TPSA) is 76.2 Å². The van der Waals surface area contributed by atoms with E-state index in [4.69, 9.17) is 5.73 Å². The molecular weight excluding hydrogens is 386 g/mol. The van der Waals surface area contributed by atoms with Gasteiger partial charge in [-0.1, -0.05) is 44.2 Å². The van der Waals surface area contributed by atoms with Crippen molar-refractivity contribution in [2.75, 3.05) is 18.4 Å². The number of hydrogen-bond acceptors (Lipinski definition) is 5. The van der Waals surface area contributed by atoms with Gasteiger partial charge in [0, 0.05) is 37.3 Å². The summed E-state index contributed by atoms with van der Waals surface area (Å²) in [6.45, 7) is 1.05. The van der Waals surface area contributed by atoms with Crippen molar-refractivity contribution in [3.63, 3.8) is 0 Å². The van der Waals surface area contributed by atoms with E-state index >= 15 is 0 Å². The van der Waals surface area contributed by atoms with E-state index in [2.05, 4.69) is 25.8 Å². The molecule has 3 aliphatic rings. The Morgan fingerprint density at radius 1 is 0.903 bits per heavy atom. The number of nitrogens with two attached hydrogens (primary N) is 1. The van der Waals surface area contributed by atoms with Gasteiger partial charge in [-0.3, -0.25) is 9.69 Å². The fourth-order valence-electron chi connectivity index (χ4n) is 6.55. The zero-order chi connectivity index (χ0) is 21.2. The molecule has 0 radical (unpaired) electrons. The normalized spacial score (nSPS) is 27.8. The summed E-state index contributed by atoms with van der Waals surface area (Å²) in [6, 6.07) is 10.3. The molecule has 1 saturated carbocycles. The monoisotopic (exact) mass is 423 g/mol. The van der Waals surface area contributed by atoms with Gasteiger partial charge in [-0.05, 0) is 50.7 Å². The fourth-order valence-corrected chi connectivity index (χ4v) is 6.55. The first-order valence-corrected chi connectivity index (χ1v) is 12.5. The smallest absolute Gasteiger partial charge is 0.294 e. The lowest BCUT2D eigenvalue weighted by Crippen LogP contribution is -2.50. The number of benzene rings is 1. The summed E-state index contributed by atoms with van der Waals surface area (Å²) in [5.74, 6) is 0.443. The SMILES string of the molecule is NCCNc1nc2ccccc2n([C@H]2C[C@H]3CC[C@@H](C2)N3C2CCCCCCC2)c1=O. The average molecular weight is 424 g/mol. The third-order valence-corrected chi connectivity index (χ3v) is 7.86. The van der Waals surface area contributed by atoms with Crippen molar-refractivity contribution < 1.29 is 0 Å². The summed E-state index contributed by atoms with van der Waals surface area (Å²) in [5.41, 5.74) is 7.53. The fraction of sp³-hybridized carbons (Fsp3) is 0.680. The highest BCUT2D eigenvalue weighted by molar-refractivity contribution is 5.76. The molecule has 6 heteroatoms. The second kappa shape index (κ2) is 9.29. The zero-order valence-electron chi connectivity index (χ0n) is 18.6. The minimum Gasteiger partial charge on any atom is -0.364 e. The van der Waals surface area contributed by atoms with E-state index in [-0.39, 0.29) is 11.6 Å². The first-order valence-electron chi connectivity index (χ1n) is 12.5. The molecule has 0 spiro atoms. The summed E-state index contributed by atoms with van der Waals surface area (Å²) < 4.78 is 2.06. The Balaban J connectivity index is 1.44. The van der Waals surface area contributed by atoms with Gasteiger partial charge < -0.3 is 15.6 Å². The van der Waals surface area contributed by atoms with Gasteiger partial charge in [0.1, 0.15) is 0 Å². The molecule has 0 unspecified atom stereocenters. The molecule has 168 valence electrons. The standard InChI is InChI=1S/C25H37N5O/c26-14-15-27-24-25(31)30(23-11-7-6-10-22(23)28-24)21-16-19-12-13-20(17-21)29(19)18-8-4-2-1-3-5-9-18/h6-7,10-11,18-21H,1-5,8-9,12-17,26H2,(H,27,28)/t19-,20+,21+. The van der Waals surface area contributed by atoms with Gasteiger partial charge in [-0.25, -0.2) is 4.98 Å². The van der Waals surface area contributed by atoms with E-state index in [0.717, 1.165) is 29.9 Å². The second-order valence-corrected chi connectivity index (χ2v) is 9.80. The number of rotatable bonds is 5. The Bertz CT molecular complexity index is 935. The van der Waals surface area contributed by atoms with E-state index in [0.29, 0.717) is 31.0 Å². The van der Waals surface area contributed by atoms with Crippen molar-refractivity contribution in [1.29, 1.82) is 0 Å². The largest absolute Gasteiger partial charge is 0.364 e. The van der Waals surface area contributed by atoms with Gasteiger partial charge in [-0.2, -0.15) is 0 Å². The molecule has 3 fully saturated rings. The van der Waals surface area contributed by atoms with Crippen molar-refractivity contribution in [3.8, 4) is 0 Å². The van der Waals surface area contributed by atoms with Crippen LogP contribution in [0.1, 0.15) is 76.7 Å². The number of para-hydroxylation sites is 2. The third kappa shape index (κ3) is 4.12. The number of nitrogens with zero attached hydrogens (tertiary/aromatic N) is 3. The van der Waals surface area contributed by atoms with Crippen LogP contribution >= 0.6 is 0 Å². The number of nitrogens with one attached hydrogen (secondary N) is 1. The van der Waals surface area contributed by atoms with Crippen LogP contribution in [0.25, 0.3) is 11.0 Å². The van der Waals surface area contributed by atoms with Gasteiger partial charge in [0.15, 0.2) is 5.82 Å². The number of hydrogen-bond donors (Lipinski definition) is 2. The van der Waals surface area contributed by atoms with Gasteiger partial charge in [0.25, 0.3) is 5.56 Å². The lowest BCUT2D eigenvalue weighted by atomic mass is 9.89.